The molecule has 1 aliphatic rings. The maximum Gasteiger partial charge on any atom is 0.0442 e. The van der Waals surface area contributed by atoms with Crippen molar-refractivity contribution in [1.82, 2.24) is 4.90 Å². The van der Waals surface area contributed by atoms with Gasteiger partial charge in [-0.1, -0.05) is 36.4 Å². The fourth-order valence-corrected chi connectivity index (χ4v) is 1.76. The van der Waals surface area contributed by atoms with Crippen molar-refractivity contribution >= 4 is 5.70 Å². The molecule has 0 unspecified atom stereocenters. The Morgan fingerprint density at radius 2 is 2.00 bits per heavy atom. The molecule has 1 nitrogen and oxygen atoms in total. The molecule has 0 aliphatic carbocycles. The maximum atomic E-state index is 2.27. The second kappa shape index (κ2) is 3.70. The van der Waals surface area contributed by atoms with Crippen molar-refractivity contribution < 1.29 is 0 Å². The first-order chi connectivity index (χ1) is 6.79. The molecular formula is C13H15N. The van der Waals surface area contributed by atoms with Crippen LogP contribution in [0.25, 0.3) is 5.70 Å². The molecule has 14 heavy (non-hydrogen) atoms. The first-order valence-corrected chi connectivity index (χ1v) is 4.93. The van der Waals surface area contributed by atoms with E-state index in [-0.39, 0.29) is 0 Å². The molecule has 0 aromatic heterocycles. The van der Waals surface area contributed by atoms with Gasteiger partial charge in [0.1, 0.15) is 0 Å². The number of likely N-dealkylation sites (N-methyl/N-ethyl adjacent to an activating group) is 1. The Labute approximate surface area is 85.4 Å². The zero-order chi connectivity index (χ0) is 9.97. The lowest BCUT2D eigenvalue weighted by Gasteiger charge is -2.24. The standard InChI is InChI=1S/C13H15N/c1-11-7-3-4-8-12(11)13-9-5-6-10-14(13)2/h3-9H,10H2,1-2H3. The van der Waals surface area contributed by atoms with E-state index in [1.165, 1.54) is 16.8 Å². The Morgan fingerprint density at radius 3 is 2.71 bits per heavy atom. The van der Waals surface area contributed by atoms with E-state index in [0.29, 0.717) is 0 Å². The quantitative estimate of drug-likeness (QED) is 0.650. The maximum absolute atomic E-state index is 2.27. The third-order valence-electron chi connectivity index (χ3n) is 2.60. The molecule has 0 atom stereocenters. The van der Waals surface area contributed by atoms with E-state index < -0.39 is 0 Å². The van der Waals surface area contributed by atoms with Crippen molar-refractivity contribution in [2.45, 2.75) is 6.92 Å². The van der Waals surface area contributed by atoms with Crippen LogP contribution in [0, 0.1) is 6.92 Å². The van der Waals surface area contributed by atoms with E-state index in [2.05, 4.69) is 61.4 Å². The smallest absolute Gasteiger partial charge is 0.0442 e. The summed E-state index contributed by atoms with van der Waals surface area (Å²) >= 11 is 0. The monoisotopic (exact) mass is 185 g/mol. The SMILES string of the molecule is Cc1ccccc1C1=CC=CCN1C. The van der Waals surface area contributed by atoms with Crippen LogP contribution in [0.4, 0.5) is 0 Å². The van der Waals surface area contributed by atoms with Crippen LogP contribution < -0.4 is 0 Å². The average Bonchev–Trinajstić information content (AvgIpc) is 2.20. The van der Waals surface area contributed by atoms with E-state index in [9.17, 15) is 0 Å². The number of benzene rings is 1. The summed E-state index contributed by atoms with van der Waals surface area (Å²) in [5.41, 5.74) is 3.98. The van der Waals surface area contributed by atoms with Gasteiger partial charge in [0.15, 0.2) is 0 Å². The van der Waals surface area contributed by atoms with Crippen molar-refractivity contribution in [2.75, 3.05) is 13.6 Å². The van der Waals surface area contributed by atoms with Gasteiger partial charge >= 0.3 is 0 Å². The first-order valence-electron chi connectivity index (χ1n) is 4.93. The zero-order valence-corrected chi connectivity index (χ0v) is 8.70. The topological polar surface area (TPSA) is 3.24 Å². The molecule has 0 N–H and O–H groups in total. The van der Waals surface area contributed by atoms with Gasteiger partial charge in [0.05, 0.1) is 0 Å². The van der Waals surface area contributed by atoms with Crippen LogP contribution in [0.2, 0.25) is 0 Å². The van der Waals surface area contributed by atoms with Crippen LogP contribution in [0.5, 0.6) is 0 Å². The van der Waals surface area contributed by atoms with Gasteiger partial charge in [-0.25, -0.2) is 0 Å². The van der Waals surface area contributed by atoms with E-state index >= 15 is 0 Å². The minimum absolute atomic E-state index is 1.00. The van der Waals surface area contributed by atoms with Crippen LogP contribution in [0.3, 0.4) is 0 Å². The molecule has 2 rings (SSSR count). The van der Waals surface area contributed by atoms with Crippen LogP contribution in [-0.4, -0.2) is 18.5 Å². The Hall–Kier alpha value is -1.50. The highest BCUT2D eigenvalue weighted by Gasteiger charge is 2.09. The van der Waals surface area contributed by atoms with Crippen LogP contribution in [-0.2, 0) is 0 Å². The fourth-order valence-electron chi connectivity index (χ4n) is 1.76. The molecule has 0 fully saturated rings. The van der Waals surface area contributed by atoms with Gasteiger partial charge < -0.3 is 4.90 Å². The summed E-state index contributed by atoms with van der Waals surface area (Å²) < 4.78 is 0. The Morgan fingerprint density at radius 1 is 1.21 bits per heavy atom. The first kappa shape index (κ1) is 9.07. The van der Waals surface area contributed by atoms with Gasteiger partial charge in [0.25, 0.3) is 0 Å². The predicted molar refractivity (Wildman–Crippen MR) is 60.9 cm³/mol. The highest BCUT2D eigenvalue weighted by atomic mass is 15.1. The van der Waals surface area contributed by atoms with Crippen LogP contribution >= 0.6 is 0 Å². The summed E-state index contributed by atoms with van der Waals surface area (Å²) in [6.45, 7) is 3.16. The third kappa shape index (κ3) is 1.58. The number of rotatable bonds is 1. The van der Waals surface area contributed by atoms with E-state index in [0.717, 1.165) is 6.54 Å². The molecular weight excluding hydrogens is 170 g/mol. The molecule has 0 radical (unpaired) electrons. The lowest BCUT2D eigenvalue weighted by atomic mass is 10.0. The van der Waals surface area contributed by atoms with Crippen LogP contribution in [0.1, 0.15) is 11.1 Å². The van der Waals surface area contributed by atoms with E-state index in [4.69, 9.17) is 0 Å². The second-order valence-electron chi connectivity index (χ2n) is 3.68. The lowest BCUT2D eigenvalue weighted by Crippen LogP contribution is -2.19. The summed E-state index contributed by atoms with van der Waals surface area (Å²) in [7, 11) is 2.13. The Kier molecular flexibility index (Phi) is 2.40. The molecule has 1 aliphatic heterocycles. The minimum atomic E-state index is 1.00. The number of allylic oxidation sites excluding steroid dienone is 2. The zero-order valence-electron chi connectivity index (χ0n) is 8.70. The van der Waals surface area contributed by atoms with Crippen molar-refractivity contribution in [3.63, 3.8) is 0 Å². The summed E-state index contributed by atoms with van der Waals surface area (Å²) in [6, 6.07) is 8.51. The van der Waals surface area contributed by atoms with Crippen molar-refractivity contribution in [3.8, 4) is 0 Å². The molecule has 1 aromatic carbocycles. The number of aryl methyl sites for hydroxylation is 1. The Bertz CT molecular complexity index is 388. The molecule has 0 saturated heterocycles. The van der Waals surface area contributed by atoms with Gasteiger partial charge in [-0.3, -0.25) is 0 Å². The van der Waals surface area contributed by atoms with Gasteiger partial charge in [-0.2, -0.15) is 0 Å². The van der Waals surface area contributed by atoms with Gasteiger partial charge in [0.2, 0.25) is 0 Å². The highest BCUT2D eigenvalue weighted by Crippen LogP contribution is 2.23. The average molecular weight is 185 g/mol. The Balaban J connectivity index is 2.44. The van der Waals surface area contributed by atoms with Crippen molar-refractivity contribution in [2.24, 2.45) is 0 Å². The summed E-state index contributed by atoms with van der Waals surface area (Å²) in [4.78, 5) is 2.27. The summed E-state index contributed by atoms with van der Waals surface area (Å²) in [5.74, 6) is 0. The predicted octanol–water partition coefficient (Wildman–Crippen LogP) is 2.84. The van der Waals surface area contributed by atoms with Gasteiger partial charge in [0, 0.05) is 24.9 Å². The number of hydrogen-bond donors (Lipinski definition) is 0. The third-order valence-corrected chi connectivity index (χ3v) is 2.60. The molecule has 0 saturated carbocycles. The van der Waals surface area contributed by atoms with Crippen molar-refractivity contribution in [3.05, 3.63) is 53.6 Å². The van der Waals surface area contributed by atoms with Gasteiger partial charge in [-0.05, 0) is 18.6 Å². The molecule has 0 bridgehead atoms. The van der Waals surface area contributed by atoms with Gasteiger partial charge in [-0.15, -0.1) is 0 Å². The molecule has 72 valence electrons. The largest absolute Gasteiger partial charge is 0.370 e. The van der Waals surface area contributed by atoms with E-state index in [1.54, 1.807) is 0 Å². The lowest BCUT2D eigenvalue weighted by molar-refractivity contribution is 0.531. The van der Waals surface area contributed by atoms with E-state index in [1.807, 2.05) is 0 Å². The number of nitrogens with zero attached hydrogens (tertiary/aromatic N) is 1. The van der Waals surface area contributed by atoms with Crippen LogP contribution in [0.15, 0.2) is 42.5 Å². The summed E-state index contributed by atoms with van der Waals surface area (Å²) in [5, 5.41) is 0. The molecule has 1 heteroatoms. The van der Waals surface area contributed by atoms with Crippen molar-refractivity contribution in [1.29, 1.82) is 0 Å². The summed E-state index contributed by atoms with van der Waals surface area (Å²) in [6.07, 6.45) is 6.47. The number of hydrogen-bond acceptors (Lipinski definition) is 1. The second-order valence-corrected chi connectivity index (χ2v) is 3.68. The molecule has 1 heterocycles. The normalized spacial score (nSPS) is 15.6. The highest BCUT2D eigenvalue weighted by molar-refractivity contribution is 5.69. The fraction of sp³-hybridized carbons (Fsp3) is 0.231. The molecule has 0 amide bonds. The molecule has 1 aromatic rings. The molecule has 0 spiro atoms. The minimum Gasteiger partial charge on any atom is -0.370 e.